The molecule has 1 atom stereocenters. The fraction of sp³-hybridized carbons (Fsp3) is 0.562. The number of hydrogen-bond donors (Lipinski definition) is 1. The number of thiophene rings is 1. The van der Waals surface area contributed by atoms with Crippen LogP contribution in [0.15, 0.2) is 6.07 Å². The van der Waals surface area contributed by atoms with E-state index in [2.05, 4.69) is 11.8 Å². The Morgan fingerprint density at radius 2 is 2.43 bits per heavy atom. The van der Waals surface area contributed by atoms with E-state index in [0.29, 0.717) is 19.6 Å². The Morgan fingerprint density at radius 1 is 1.62 bits per heavy atom. The van der Waals surface area contributed by atoms with Gasteiger partial charge in [0.15, 0.2) is 0 Å². The maximum Gasteiger partial charge on any atom is 0.264 e. The van der Waals surface area contributed by atoms with Gasteiger partial charge in [0.2, 0.25) is 0 Å². The zero-order chi connectivity index (χ0) is 15.2. The van der Waals surface area contributed by atoms with E-state index in [-0.39, 0.29) is 12.0 Å². The molecule has 1 aromatic rings. The van der Waals surface area contributed by atoms with Crippen LogP contribution in [0.25, 0.3) is 0 Å². The highest BCUT2D eigenvalue weighted by Crippen LogP contribution is 2.23. The maximum absolute atomic E-state index is 12.6. The molecule has 2 rings (SSSR count). The molecule has 5 heteroatoms. The maximum atomic E-state index is 12.6. The minimum Gasteiger partial charge on any atom is -0.376 e. The number of likely N-dealkylation sites (N-methyl/N-ethyl adjacent to an activating group) is 1. The van der Waals surface area contributed by atoms with Crippen LogP contribution in [0.1, 0.15) is 39.9 Å². The first-order valence-electron chi connectivity index (χ1n) is 7.36. The quantitative estimate of drug-likeness (QED) is 0.866. The predicted octanol–water partition coefficient (Wildman–Crippen LogP) is 2.01. The van der Waals surface area contributed by atoms with Crippen molar-refractivity contribution < 1.29 is 9.53 Å². The molecule has 0 aliphatic carbocycles. The topological polar surface area (TPSA) is 55.6 Å². The second kappa shape index (κ2) is 7.60. The molecule has 1 saturated heterocycles. The van der Waals surface area contributed by atoms with E-state index in [9.17, 15) is 4.79 Å². The molecule has 0 bridgehead atoms. The van der Waals surface area contributed by atoms with Crippen LogP contribution >= 0.6 is 11.3 Å². The van der Waals surface area contributed by atoms with E-state index < -0.39 is 0 Å². The average Bonchev–Trinajstić information content (AvgIpc) is 3.11. The molecule has 0 radical (unpaired) electrons. The zero-order valence-electron chi connectivity index (χ0n) is 12.6. The molecule has 0 aromatic carbocycles. The summed E-state index contributed by atoms with van der Waals surface area (Å²) >= 11 is 1.45. The molecule has 2 N–H and O–H groups in total. The Balaban J connectivity index is 2.09. The van der Waals surface area contributed by atoms with Crippen molar-refractivity contribution in [2.45, 2.75) is 32.8 Å². The van der Waals surface area contributed by atoms with Crippen LogP contribution in [0.5, 0.6) is 0 Å². The van der Waals surface area contributed by atoms with Gasteiger partial charge in [-0.25, -0.2) is 0 Å². The fourth-order valence-corrected chi connectivity index (χ4v) is 3.40. The van der Waals surface area contributed by atoms with E-state index in [1.807, 2.05) is 24.8 Å². The molecule has 1 unspecified atom stereocenters. The van der Waals surface area contributed by atoms with Crippen LogP contribution in [-0.2, 0) is 4.74 Å². The highest BCUT2D eigenvalue weighted by Gasteiger charge is 2.23. The summed E-state index contributed by atoms with van der Waals surface area (Å²) in [5.74, 6) is 5.94. The van der Waals surface area contributed by atoms with Crippen molar-refractivity contribution in [2.75, 3.05) is 26.2 Å². The van der Waals surface area contributed by atoms with Gasteiger partial charge in [-0.2, -0.15) is 0 Å². The first-order chi connectivity index (χ1) is 10.2. The molecule has 1 aliphatic heterocycles. The van der Waals surface area contributed by atoms with Gasteiger partial charge in [0.05, 0.1) is 22.4 Å². The van der Waals surface area contributed by atoms with E-state index in [1.165, 1.54) is 11.3 Å². The number of carbonyl (C=O) groups excluding carboxylic acids is 1. The number of nitrogens with two attached hydrogens (primary N) is 1. The Morgan fingerprint density at radius 3 is 3.05 bits per heavy atom. The summed E-state index contributed by atoms with van der Waals surface area (Å²) in [6.07, 6.45) is 2.32. The number of rotatable bonds is 4. The highest BCUT2D eigenvalue weighted by atomic mass is 32.1. The number of aryl methyl sites for hydroxylation is 1. The van der Waals surface area contributed by atoms with Crippen molar-refractivity contribution in [1.82, 2.24) is 4.90 Å². The van der Waals surface area contributed by atoms with Crippen molar-refractivity contribution in [3.8, 4) is 11.8 Å². The molecule has 1 amide bonds. The van der Waals surface area contributed by atoms with E-state index in [4.69, 9.17) is 10.5 Å². The molecule has 21 heavy (non-hydrogen) atoms. The van der Waals surface area contributed by atoms with Gasteiger partial charge in [-0.1, -0.05) is 11.8 Å². The lowest BCUT2D eigenvalue weighted by Gasteiger charge is -2.23. The lowest BCUT2D eigenvalue weighted by atomic mass is 10.2. The Kier molecular flexibility index (Phi) is 5.80. The summed E-state index contributed by atoms with van der Waals surface area (Å²) in [5.41, 5.74) is 6.44. The second-order valence-electron chi connectivity index (χ2n) is 5.11. The number of ether oxygens (including phenoxy) is 1. The Hall–Kier alpha value is -1.35. The van der Waals surface area contributed by atoms with Gasteiger partial charge >= 0.3 is 0 Å². The van der Waals surface area contributed by atoms with Crippen LogP contribution in [0.3, 0.4) is 0 Å². The first kappa shape index (κ1) is 16.0. The van der Waals surface area contributed by atoms with Gasteiger partial charge in [-0.15, -0.1) is 11.3 Å². The average molecular weight is 306 g/mol. The summed E-state index contributed by atoms with van der Waals surface area (Å²) in [5, 5.41) is 0. The molecule has 0 spiro atoms. The summed E-state index contributed by atoms with van der Waals surface area (Å²) in [6.45, 7) is 6.50. The van der Waals surface area contributed by atoms with Gasteiger partial charge in [0.25, 0.3) is 5.91 Å². The molecule has 1 fully saturated rings. The lowest BCUT2D eigenvalue weighted by Crippen LogP contribution is -2.36. The predicted molar refractivity (Wildman–Crippen MR) is 85.5 cm³/mol. The molecule has 1 aromatic heterocycles. The van der Waals surface area contributed by atoms with Crippen molar-refractivity contribution in [2.24, 2.45) is 5.73 Å². The van der Waals surface area contributed by atoms with Crippen LogP contribution in [0.4, 0.5) is 0 Å². The molecular formula is C16H22N2O2S. The third-order valence-electron chi connectivity index (χ3n) is 3.55. The lowest BCUT2D eigenvalue weighted by molar-refractivity contribution is 0.0543. The summed E-state index contributed by atoms with van der Waals surface area (Å²) in [6, 6.07) is 1.92. The van der Waals surface area contributed by atoms with Crippen LogP contribution in [0.2, 0.25) is 0 Å². The Bertz CT molecular complexity index is 550. The normalized spacial score (nSPS) is 17.4. The minimum atomic E-state index is 0.0712. The molecule has 114 valence electrons. The van der Waals surface area contributed by atoms with Gasteiger partial charge < -0.3 is 15.4 Å². The minimum absolute atomic E-state index is 0.0712. The van der Waals surface area contributed by atoms with Crippen LogP contribution in [0, 0.1) is 18.8 Å². The monoisotopic (exact) mass is 306 g/mol. The number of carbonyl (C=O) groups is 1. The van der Waals surface area contributed by atoms with Gasteiger partial charge in [0, 0.05) is 19.7 Å². The van der Waals surface area contributed by atoms with E-state index in [1.54, 1.807) is 0 Å². The van der Waals surface area contributed by atoms with Crippen LogP contribution in [-0.4, -0.2) is 43.2 Å². The third-order valence-corrected chi connectivity index (χ3v) is 4.69. The molecule has 4 nitrogen and oxygen atoms in total. The molecule has 2 heterocycles. The summed E-state index contributed by atoms with van der Waals surface area (Å²) < 4.78 is 5.63. The van der Waals surface area contributed by atoms with E-state index >= 15 is 0 Å². The smallest absolute Gasteiger partial charge is 0.264 e. The number of amides is 1. The van der Waals surface area contributed by atoms with Crippen LogP contribution < -0.4 is 5.73 Å². The van der Waals surface area contributed by atoms with E-state index in [0.717, 1.165) is 34.8 Å². The molecule has 1 aliphatic rings. The SMILES string of the molecule is CCN(CC1CCCO1)C(=O)c1cc(C)c(C#CCN)s1. The standard InChI is InChI=1S/C16H22N2O2S/c1-3-18(11-13-6-5-9-20-13)16(19)15-10-12(2)14(21-15)7-4-8-17/h10,13H,3,5-6,8-9,11,17H2,1-2H3. The molecule has 0 saturated carbocycles. The Labute approximate surface area is 130 Å². The van der Waals surface area contributed by atoms with Crippen molar-refractivity contribution in [1.29, 1.82) is 0 Å². The largest absolute Gasteiger partial charge is 0.376 e. The third kappa shape index (κ3) is 4.07. The van der Waals surface area contributed by atoms with Gasteiger partial charge in [-0.3, -0.25) is 4.79 Å². The van der Waals surface area contributed by atoms with Crippen molar-refractivity contribution >= 4 is 17.2 Å². The van der Waals surface area contributed by atoms with Gasteiger partial charge in [-0.05, 0) is 38.3 Å². The summed E-state index contributed by atoms with van der Waals surface area (Å²) in [7, 11) is 0. The molecular weight excluding hydrogens is 284 g/mol. The van der Waals surface area contributed by atoms with Crippen molar-refractivity contribution in [3.63, 3.8) is 0 Å². The van der Waals surface area contributed by atoms with Crippen molar-refractivity contribution in [3.05, 3.63) is 21.4 Å². The summed E-state index contributed by atoms with van der Waals surface area (Å²) in [4.78, 5) is 16.1. The number of hydrogen-bond acceptors (Lipinski definition) is 4. The fourth-order valence-electron chi connectivity index (χ4n) is 2.39. The van der Waals surface area contributed by atoms with Gasteiger partial charge in [0.1, 0.15) is 0 Å². The highest BCUT2D eigenvalue weighted by molar-refractivity contribution is 7.14. The second-order valence-corrected chi connectivity index (χ2v) is 6.16. The first-order valence-corrected chi connectivity index (χ1v) is 8.17. The zero-order valence-corrected chi connectivity index (χ0v) is 13.5. The number of nitrogens with zero attached hydrogens (tertiary/aromatic N) is 1.